The molecule has 3 rings (SSSR count). The van der Waals surface area contributed by atoms with E-state index < -0.39 is 12.1 Å². The molecule has 3 N–H and O–H groups in total. The molecular formula is C20H24ClN3O4. The predicted molar refractivity (Wildman–Crippen MR) is 107 cm³/mol. The van der Waals surface area contributed by atoms with Crippen LogP contribution in [0.1, 0.15) is 53.8 Å². The molecule has 1 aromatic heterocycles. The highest BCUT2D eigenvalue weighted by molar-refractivity contribution is 6.30. The van der Waals surface area contributed by atoms with Gasteiger partial charge in [0.2, 0.25) is 0 Å². The number of nitrogens with one attached hydrogen (secondary N) is 2. The van der Waals surface area contributed by atoms with E-state index in [-0.39, 0.29) is 6.04 Å². The molecule has 1 atom stereocenters. The van der Waals surface area contributed by atoms with Gasteiger partial charge in [-0.1, -0.05) is 17.7 Å². The van der Waals surface area contributed by atoms with Gasteiger partial charge in [0.05, 0.1) is 18.3 Å². The number of likely N-dealkylation sites (tertiary alicyclic amines) is 1. The van der Waals surface area contributed by atoms with E-state index in [4.69, 9.17) is 16.3 Å². The van der Waals surface area contributed by atoms with Gasteiger partial charge in [0.15, 0.2) is 0 Å². The molecule has 0 spiro atoms. The zero-order valence-electron chi connectivity index (χ0n) is 15.7. The third-order valence-corrected chi connectivity index (χ3v) is 5.15. The lowest BCUT2D eigenvalue weighted by atomic mass is 9.92. The average molecular weight is 406 g/mol. The first-order valence-electron chi connectivity index (χ1n) is 9.37. The van der Waals surface area contributed by atoms with E-state index in [0.717, 1.165) is 30.4 Å². The second-order valence-corrected chi connectivity index (χ2v) is 7.11. The summed E-state index contributed by atoms with van der Waals surface area (Å²) < 4.78 is 5.05. The molecule has 1 aromatic carbocycles. The van der Waals surface area contributed by atoms with Crippen LogP contribution in [0, 0.1) is 0 Å². The van der Waals surface area contributed by atoms with Crippen LogP contribution >= 0.6 is 11.6 Å². The van der Waals surface area contributed by atoms with E-state index in [9.17, 15) is 14.7 Å². The summed E-state index contributed by atoms with van der Waals surface area (Å²) in [6, 6.07) is 7.08. The average Bonchev–Trinajstić information content (AvgIpc) is 3.16. The molecule has 2 heterocycles. The molecule has 0 radical (unpaired) electrons. The monoisotopic (exact) mass is 405 g/mol. The van der Waals surface area contributed by atoms with Gasteiger partial charge in [-0.3, -0.25) is 0 Å². The first-order chi connectivity index (χ1) is 13.5. The number of carbonyl (C=O) groups is 2. The van der Waals surface area contributed by atoms with Crippen LogP contribution < -0.4 is 5.32 Å². The van der Waals surface area contributed by atoms with Gasteiger partial charge >= 0.3 is 12.1 Å². The first kappa shape index (κ1) is 20.1. The number of halogens is 1. The predicted octanol–water partition coefficient (Wildman–Crippen LogP) is 4.66. The summed E-state index contributed by atoms with van der Waals surface area (Å²) in [6.07, 6.45) is 3.35. The standard InChI is InChI=1S/C20H24ClN3O4/c1-2-28-19(25)18-16(8-9-22-18)23-12-13-6-7-14(21)11-15(13)17-5-3-4-10-24(17)20(26)27/h6-9,11,17,22-23H,2-5,10,12H2,1H3,(H,26,27). The number of hydrogen-bond donors (Lipinski definition) is 3. The molecule has 1 aliphatic heterocycles. The third-order valence-electron chi connectivity index (χ3n) is 4.91. The SMILES string of the molecule is CCOC(=O)c1[nH]ccc1NCc1ccc(Cl)cc1C1CCCCN1C(=O)O. The number of carboxylic acid groups (broad SMARTS) is 1. The number of esters is 1. The minimum Gasteiger partial charge on any atom is -0.465 e. The maximum atomic E-state index is 12.0. The van der Waals surface area contributed by atoms with Crippen LogP contribution in [0.5, 0.6) is 0 Å². The smallest absolute Gasteiger partial charge is 0.407 e. The summed E-state index contributed by atoms with van der Waals surface area (Å²) in [6.45, 7) is 3.00. The highest BCUT2D eigenvalue weighted by Gasteiger charge is 2.29. The number of benzene rings is 1. The van der Waals surface area contributed by atoms with E-state index >= 15 is 0 Å². The molecule has 0 saturated carbocycles. The number of aromatic amines is 1. The Labute approximate surface area is 168 Å². The molecule has 2 aromatic rings. The van der Waals surface area contributed by atoms with Crippen molar-refractivity contribution in [2.45, 2.75) is 38.8 Å². The summed E-state index contributed by atoms with van der Waals surface area (Å²) in [5.41, 5.74) is 2.84. The van der Waals surface area contributed by atoms with Gasteiger partial charge in [-0.15, -0.1) is 0 Å². The van der Waals surface area contributed by atoms with Crippen molar-refractivity contribution in [3.05, 3.63) is 52.3 Å². The quantitative estimate of drug-likeness (QED) is 0.607. The van der Waals surface area contributed by atoms with Crippen LogP contribution in [0.3, 0.4) is 0 Å². The van der Waals surface area contributed by atoms with Gasteiger partial charge in [0.1, 0.15) is 5.69 Å². The number of H-pyrrole nitrogens is 1. The summed E-state index contributed by atoms with van der Waals surface area (Å²) in [4.78, 5) is 28.1. The van der Waals surface area contributed by atoms with Gasteiger partial charge in [-0.2, -0.15) is 0 Å². The Morgan fingerprint density at radius 2 is 2.18 bits per heavy atom. The fraction of sp³-hybridized carbons (Fsp3) is 0.400. The van der Waals surface area contributed by atoms with Gasteiger partial charge in [-0.05, 0) is 55.5 Å². The fourth-order valence-corrected chi connectivity index (χ4v) is 3.78. The minimum absolute atomic E-state index is 0.225. The number of ether oxygens (including phenoxy) is 1. The van der Waals surface area contributed by atoms with Gasteiger partial charge in [0, 0.05) is 24.3 Å². The van der Waals surface area contributed by atoms with E-state index in [1.807, 2.05) is 12.1 Å². The number of aromatic nitrogens is 1. The molecule has 7 nitrogen and oxygen atoms in total. The zero-order chi connectivity index (χ0) is 20.1. The van der Waals surface area contributed by atoms with E-state index in [2.05, 4.69) is 10.3 Å². The van der Waals surface area contributed by atoms with Crippen LogP contribution in [0.4, 0.5) is 10.5 Å². The molecular weight excluding hydrogens is 382 g/mol. The van der Waals surface area contributed by atoms with Crippen LogP contribution in [0.15, 0.2) is 30.5 Å². The first-order valence-corrected chi connectivity index (χ1v) is 9.75. The van der Waals surface area contributed by atoms with Crippen molar-refractivity contribution in [1.29, 1.82) is 0 Å². The van der Waals surface area contributed by atoms with Crippen molar-refractivity contribution in [3.8, 4) is 0 Å². The normalized spacial score (nSPS) is 16.6. The van der Waals surface area contributed by atoms with Crippen molar-refractivity contribution in [2.24, 2.45) is 0 Å². The molecule has 0 aliphatic carbocycles. The summed E-state index contributed by atoms with van der Waals surface area (Å²) in [5, 5.41) is 13.4. The second-order valence-electron chi connectivity index (χ2n) is 6.67. The Morgan fingerprint density at radius 3 is 2.93 bits per heavy atom. The lowest BCUT2D eigenvalue weighted by Gasteiger charge is -2.35. The van der Waals surface area contributed by atoms with Crippen molar-refractivity contribution >= 4 is 29.4 Å². The van der Waals surface area contributed by atoms with Crippen molar-refractivity contribution in [2.75, 3.05) is 18.5 Å². The largest absolute Gasteiger partial charge is 0.465 e. The molecule has 1 aliphatic rings. The molecule has 0 bridgehead atoms. The number of rotatable bonds is 6. The number of hydrogen-bond acceptors (Lipinski definition) is 4. The van der Waals surface area contributed by atoms with Gasteiger partial charge < -0.3 is 25.0 Å². The van der Waals surface area contributed by atoms with Crippen LogP contribution in [0.2, 0.25) is 5.02 Å². The topological polar surface area (TPSA) is 94.7 Å². The maximum Gasteiger partial charge on any atom is 0.407 e. The highest BCUT2D eigenvalue weighted by Crippen LogP contribution is 2.34. The molecule has 28 heavy (non-hydrogen) atoms. The highest BCUT2D eigenvalue weighted by atomic mass is 35.5. The Balaban J connectivity index is 1.83. The van der Waals surface area contributed by atoms with Crippen LogP contribution in [0.25, 0.3) is 0 Å². The molecule has 1 saturated heterocycles. The van der Waals surface area contributed by atoms with Crippen molar-refractivity contribution < 1.29 is 19.4 Å². The summed E-state index contributed by atoms with van der Waals surface area (Å²) >= 11 is 6.21. The summed E-state index contributed by atoms with van der Waals surface area (Å²) in [5.74, 6) is -0.421. The molecule has 150 valence electrons. The Morgan fingerprint density at radius 1 is 1.36 bits per heavy atom. The van der Waals surface area contributed by atoms with Gasteiger partial charge in [-0.25, -0.2) is 9.59 Å². The van der Waals surface area contributed by atoms with E-state index in [1.165, 1.54) is 4.90 Å². The van der Waals surface area contributed by atoms with Gasteiger partial charge in [0.25, 0.3) is 0 Å². The number of anilines is 1. The second kappa shape index (κ2) is 9.01. The number of amides is 1. The number of nitrogens with zero attached hydrogens (tertiary/aromatic N) is 1. The lowest BCUT2D eigenvalue weighted by Crippen LogP contribution is -2.38. The van der Waals surface area contributed by atoms with Crippen LogP contribution in [-0.2, 0) is 11.3 Å². The maximum absolute atomic E-state index is 12.0. The lowest BCUT2D eigenvalue weighted by molar-refractivity contribution is 0.0521. The number of carbonyl (C=O) groups excluding carboxylic acids is 1. The fourth-order valence-electron chi connectivity index (χ4n) is 3.60. The van der Waals surface area contributed by atoms with Crippen molar-refractivity contribution in [3.63, 3.8) is 0 Å². The summed E-state index contributed by atoms with van der Waals surface area (Å²) in [7, 11) is 0. The minimum atomic E-state index is -0.918. The van der Waals surface area contributed by atoms with Crippen LogP contribution in [-0.4, -0.2) is 40.2 Å². The Hall–Kier alpha value is -2.67. The Bertz CT molecular complexity index is 852. The number of piperidine rings is 1. The molecule has 8 heteroatoms. The van der Waals surface area contributed by atoms with Crippen molar-refractivity contribution in [1.82, 2.24) is 9.88 Å². The molecule has 1 amide bonds. The third kappa shape index (κ3) is 4.42. The molecule has 1 unspecified atom stereocenters. The van der Waals surface area contributed by atoms with E-state index in [1.54, 1.807) is 25.3 Å². The van der Waals surface area contributed by atoms with E-state index in [0.29, 0.717) is 36.1 Å². The Kier molecular flexibility index (Phi) is 6.46. The molecule has 1 fully saturated rings. The zero-order valence-corrected chi connectivity index (χ0v) is 16.5.